The number of amides is 1. The number of aromatic nitrogens is 1. The highest BCUT2D eigenvalue weighted by atomic mass is 32.2. The van der Waals surface area contributed by atoms with Crippen molar-refractivity contribution in [3.63, 3.8) is 0 Å². The van der Waals surface area contributed by atoms with Crippen LogP contribution in [0.2, 0.25) is 0 Å². The number of hydrogen-bond donors (Lipinski definition) is 0. The van der Waals surface area contributed by atoms with Crippen molar-refractivity contribution in [2.45, 2.75) is 26.2 Å². The number of pyridine rings is 1. The van der Waals surface area contributed by atoms with Gasteiger partial charge >= 0.3 is 0 Å². The molecule has 1 aliphatic rings. The number of benzene rings is 1. The Morgan fingerprint density at radius 2 is 1.88 bits per heavy atom. The first kappa shape index (κ1) is 16.9. The van der Waals surface area contributed by atoms with Gasteiger partial charge in [0.1, 0.15) is 0 Å². The minimum atomic E-state index is -0.0992. The third-order valence-electron chi connectivity index (χ3n) is 3.77. The number of anilines is 1. The molecule has 1 saturated heterocycles. The summed E-state index contributed by atoms with van der Waals surface area (Å²) in [7, 11) is 0. The van der Waals surface area contributed by atoms with E-state index in [-0.39, 0.29) is 11.3 Å². The molecule has 1 fully saturated rings. The average molecular weight is 355 g/mol. The molecular formula is C19H18N2OS2. The zero-order valence-electron chi connectivity index (χ0n) is 13.8. The Morgan fingerprint density at radius 3 is 2.46 bits per heavy atom. The Balaban J connectivity index is 1.87. The molecule has 0 unspecified atom stereocenters. The van der Waals surface area contributed by atoms with Gasteiger partial charge in [0, 0.05) is 6.20 Å². The van der Waals surface area contributed by atoms with E-state index in [1.165, 1.54) is 22.2 Å². The maximum Gasteiger partial charge on any atom is 0.270 e. The van der Waals surface area contributed by atoms with Crippen LogP contribution in [-0.4, -0.2) is 15.2 Å². The van der Waals surface area contributed by atoms with E-state index < -0.39 is 0 Å². The van der Waals surface area contributed by atoms with Crippen molar-refractivity contribution < 1.29 is 4.79 Å². The minimum absolute atomic E-state index is 0.0992. The molecule has 3 rings (SSSR count). The summed E-state index contributed by atoms with van der Waals surface area (Å²) in [6, 6.07) is 11.9. The monoisotopic (exact) mass is 354 g/mol. The van der Waals surface area contributed by atoms with Gasteiger partial charge in [-0.05, 0) is 34.8 Å². The standard InChI is InChI=1S/C19H18N2OS2/c1-19(2,3)14-8-6-13(7-9-14)11-16-17(22)21(18(23)24-16)15-5-4-10-20-12-15/h4-12H,1-3H3/b16-11-. The summed E-state index contributed by atoms with van der Waals surface area (Å²) >= 11 is 6.68. The summed E-state index contributed by atoms with van der Waals surface area (Å²) in [6.45, 7) is 6.54. The zero-order chi connectivity index (χ0) is 17.3. The molecule has 1 amide bonds. The van der Waals surface area contributed by atoms with Gasteiger partial charge in [-0.25, -0.2) is 0 Å². The highest BCUT2D eigenvalue weighted by Gasteiger charge is 2.33. The molecule has 0 saturated carbocycles. The van der Waals surface area contributed by atoms with E-state index in [2.05, 4.69) is 37.9 Å². The van der Waals surface area contributed by atoms with Crippen LogP contribution in [0, 0.1) is 0 Å². The van der Waals surface area contributed by atoms with Crippen LogP contribution >= 0.6 is 24.0 Å². The fourth-order valence-electron chi connectivity index (χ4n) is 2.41. The second-order valence-corrected chi connectivity index (χ2v) is 8.28. The third-order valence-corrected chi connectivity index (χ3v) is 5.07. The van der Waals surface area contributed by atoms with Crippen LogP contribution in [0.5, 0.6) is 0 Å². The molecule has 5 heteroatoms. The van der Waals surface area contributed by atoms with Crippen LogP contribution in [0.4, 0.5) is 5.69 Å². The first-order valence-electron chi connectivity index (χ1n) is 7.65. The summed E-state index contributed by atoms with van der Waals surface area (Å²) in [5.41, 5.74) is 3.08. The van der Waals surface area contributed by atoms with Crippen LogP contribution in [0.3, 0.4) is 0 Å². The molecule has 1 aromatic heterocycles. The van der Waals surface area contributed by atoms with Crippen molar-refractivity contribution in [1.29, 1.82) is 0 Å². The maximum absolute atomic E-state index is 12.7. The Hall–Kier alpha value is -1.98. The lowest BCUT2D eigenvalue weighted by Gasteiger charge is -2.18. The van der Waals surface area contributed by atoms with E-state index in [4.69, 9.17) is 12.2 Å². The van der Waals surface area contributed by atoms with Crippen LogP contribution in [0.25, 0.3) is 6.08 Å². The predicted octanol–water partition coefficient (Wildman–Crippen LogP) is 4.78. The van der Waals surface area contributed by atoms with Gasteiger partial charge < -0.3 is 0 Å². The molecule has 0 aliphatic carbocycles. The van der Waals surface area contributed by atoms with E-state index in [0.717, 1.165) is 5.56 Å². The molecule has 0 spiro atoms. The number of carbonyl (C=O) groups excluding carboxylic acids is 1. The molecular weight excluding hydrogens is 336 g/mol. The number of nitrogens with zero attached hydrogens (tertiary/aromatic N) is 2. The van der Waals surface area contributed by atoms with Gasteiger partial charge in [0.15, 0.2) is 4.32 Å². The van der Waals surface area contributed by atoms with Crippen molar-refractivity contribution in [2.75, 3.05) is 4.90 Å². The molecule has 0 N–H and O–H groups in total. The Morgan fingerprint density at radius 1 is 1.17 bits per heavy atom. The normalized spacial score (nSPS) is 17.0. The zero-order valence-corrected chi connectivity index (χ0v) is 15.4. The quantitative estimate of drug-likeness (QED) is 0.574. The molecule has 1 aliphatic heterocycles. The highest BCUT2D eigenvalue weighted by Crippen LogP contribution is 2.35. The molecule has 0 bridgehead atoms. The van der Waals surface area contributed by atoms with Crippen molar-refractivity contribution in [1.82, 2.24) is 4.98 Å². The second-order valence-electron chi connectivity index (χ2n) is 6.60. The van der Waals surface area contributed by atoms with E-state index >= 15 is 0 Å². The summed E-state index contributed by atoms with van der Waals surface area (Å²) < 4.78 is 0.533. The van der Waals surface area contributed by atoms with Gasteiger partial charge in [0.2, 0.25) is 0 Å². The molecule has 0 radical (unpaired) electrons. The van der Waals surface area contributed by atoms with Gasteiger partial charge in [-0.2, -0.15) is 0 Å². The topological polar surface area (TPSA) is 33.2 Å². The summed E-state index contributed by atoms with van der Waals surface area (Å²) in [5, 5.41) is 0. The van der Waals surface area contributed by atoms with Crippen molar-refractivity contribution >= 4 is 46.0 Å². The van der Waals surface area contributed by atoms with Gasteiger partial charge in [-0.1, -0.05) is 69.0 Å². The molecule has 1 aromatic carbocycles. The molecule has 0 atom stereocenters. The summed E-state index contributed by atoms with van der Waals surface area (Å²) in [5.74, 6) is -0.0992. The van der Waals surface area contributed by atoms with Gasteiger partial charge in [-0.15, -0.1) is 0 Å². The molecule has 24 heavy (non-hydrogen) atoms. The molecule has 3 nitrogen and oxygen atoms in total. The average Bonchev–Trinajstić information content (AvgIpc) is 2.82. The SMILES string of the molecule is CC(C)(C)c1ccc(/C=C2\SC(=S)N(c3cccnc3)C2=O)cc1. The number of thiocarbonyl (C=S) groups is 1. The minimum Gasteiger partial charge on any atom is -0.268 e. The molecule has 2 heterocycles. The summed E-state index contributed by atoms with van der Waals surface area (Å²) in [4.78, 5) is 18.9. The Bertz CT molecular complexity index is 806. The van der Waals surface area contributed by atoms with Crippen molar-refractivity contribution in [3.05, 3.63) is 64.8 Å². The van der Waals surface area contributed by atoms with Crippen molar-refractivity contribution in [2.24, 2.45) is 0 Å². The molecule has 122 valence electrons. The van der Waals surface area contributed by atoms with Crippen molar-refractivity contribution in [3.8, 4) is 0 Å². The van der Waals surface area contributed by atoms with E-state index in [1.54, 1.807) is 18.5 Å². The first-order chi connectivity index (χ1) is 11.4. The summed E-state index contributed by atoms with van der Waals surface area (Å²) in [6.07, 6.45) is 5.21. The first-order valence-corrected chi connectivity index (χ1v) is 8.87. The predicted molar refractivity (Wildman–Crippen MR) is 105 cm³/mol. The number of rotatable bonds is 2. The van der Waals surface area contributed by atoms with Crippen LogP contribution in [-0.2, 0) is 10.2 Å². The van der Waals surface area contributed by atoms with Crippen LogP contribution in [0.1, 0.15) is 31.9 Å². The molecule has 2 aromatic rings. The fourth-order valence-corrected chi connectivity index (χ4v) is 3.71. The smallest absolute Gasteiger partial charge is 0.268 e. The maximum atomic E-state index is 12.7. The second kappa shape index (κ2) is 6.49. The number of thioether (sulfide) groups is 1. The lowest BCUT2D eigenvalue weighted by molar-refractivity contribution is -0.113. The van der Waals surface area contributed by atoms with Gasteiger partial charge in [-0.3, -0.25) is 14.7 Å². The fraction of sp³-hybridized carbons (Fsp3) is 0.211. The Labute approximate surface area is 151 Å². The van der Waals surface area contributed by atoms with E-state index in [0.29, 0.717) is 14.9 Å². The number of carbonyl (C=O) groups is 1. The van der Waals surface area contributed by atoms with Gasteiger partial charge in [0.05, 0.1) is 16.8 Å². The highest BCUT2D eigenvalue weighted by molar-refractivity contribution is 8.27. The lowest BCUT2D eigenvalue weighted by Crippen LogP contribution is -2.27. The third kappa shape index (κ3) is 3.42. The van der Waals surface area contributed by atoms with E-state index in [1.807, 2.05) is 24.3 Å². The number of hydrogen-bond acceptors (Lipinski definition) is 4. The largest absolute Gasteiger partial charge is 0.270 e. The lowest BCUT2D eigenvalue weighted by atomic mass is 9.87. The van der Waals surface area contributed by atoms with E-state index in [9.17, 15) is 4.79 Å². The van der Waals surface area contributed by atoms with Crippen LogP contribution in [0.15, 0.2) is 53.7 Å². The van der Waals surface area contributed by atoms with Crippen LogP contribution < -0.4 is 4.90 Å². The van der Waals surface area contributed by atoms with Gasteiger partial charge in [0.25, 0.3) is 5.91 Å². The Kier molecular flexibility index (Phi) is 4.56.